The molecule has 0 bridgehead atoms. The first-order chi connectivity index (χ1) is 11.2. The fourth-order valence-electron chi connectivity index (χ4n) is 2.03. The lowest BCUT2D eigenvalue weighted by Crippen LogP contribution is -2.41. The molecule has 3 rings (SSSR count). The average Bonchev–Trinajstić information content (AvgIpc) is 3.07. The van der Waals surface area contributed by atoms with Crippen LogP contribution in [0.25, 0.3) is 0 Å². The van der Waals surface area contributed by atoms with Crippen LogP contribution in [0.4, 0.5) is 0 Å². The van der Waals surface area contributed by atoms with E-state index in [1.165, 1.54) is 12.1 Å². The Labute approximate surface area is 131 Å². The SMILES string of the molecule is N#Cc1cccc(C(=O)NNC(=O)c2ccc3c(c2)OCO3)c1. The van der Waals surface area contributed by atoms with E-state index in [-0.39, 0.29) is 12.4 Å². The van der Waals surface area contributed by atoms with Gasteiger partial charge in [-0.05, 0) is 36.4 Å². The van der Waals surface area contributed by atoms with Crippen molar-refractivity contribution in [2.24, 2.45) is 0 Å². The molecular weight excluding hydrogens is 298 g/mol. The van der Waals surface area contributed by atoms with Crippen LogP contribution in [0.3, 0.4) is 0 Å². The number of hydrogen-bond donors (Lipinski definition) is 2. The third kappa shape index (κ3) is 3.06. The first-order valence-electron chi connectivity index (χ1n) is 6.68. The first kappa shape index (κ1) is 14.4. The van der Waals surface area contributed by atoms with E-state index < -0.39 is 11.8 Å². The summed E-state index contributed by atoms with van der Waals surface area (Å²) in [5.41, 5.74) is 5.56. The van der Waals surface area contributed by atoms with Crippen molar-refractivity contribution in [3.63, 3.8) is 0 Å². The number of benzene rings is 2. The molecule has 0 fully saturated rings. The molecule has 0 aromatic heterocycles. The number of nitrogens with zero attached hydrogens (tertiary/aromatic N) is 1. The van der Waals surface area contributed by atoms with Crippen LogP contribution in [0.5, 0.6) is 11.5 Å². The topological polar surface area (TPSA) is 100 Å². The molecule has 1 heterocycles. The molecule has 1 aliphatic heterocycles. The van der Waals surface area contributed by atoms with Crippen LogP contribution in [0.2, 0.25) is 0 Å². The minimum absolute atomic E-state index is 0.117. The van der Waals surface area contributed by atoms with Gasteiger partial charge in [0.2, 0.25) is 6.79 Å². The van der Waals surface area contributed by atoms with E-state index >= 15 is 0 Å². The van der Waals surface area contributed by atoms with Gasteiger partial charge in [-0.25, -0.2) is 0 Å². The van der Waals surface area contributed by atoms with E-state index in [1.807, 2.05) is 6.07 Å². The van der Waals surface area contributed by atoms with Crippen molar-refractivity contribution < 1.29 is 19.1 Å². The molecule has 0 saturated heterocycles. The molecular formula is C16H11N3O4. The molecule has 2 N–H and O–H groups in total. The van der Waals surface area contributed by atoms with Crippen LogP contribution >= 0.6 is 0 Å². The van der Waals surface area contributed by atoms with Crippen molar-refractivity contribution >= 4 is 11.8 Å². The second kappa shape index (κ2) is 6.07. The number of ether oxygens (including phenoxy) is 2. The van der Waals surface area contributed by atoms with Crippen LogP contribution in [-0.2, 0) is 0 Å². The van der Waals surface area contributed by atoms with Gasteiger partial charge in [-0.15, -0.1) is 0 Å². The highest BCUT2D eigenvalue weighted by atomic mass is 16.7. The summed E-state index contributed by atoms with van der Waals surface area (Å²) < 4.78 is 10.4. The zero-order valence-electron chi connectivity index (χ0n) is 11.8. The summed E-state index contributed by atoms with van der Waals surface area (Å²) >= 11 is 0. The van der Waals surface area contributed by atoms with E-state index in [0.717, 1.165) is 0 Å². The van der Waals surface area contributed by atoms with Crippen molar-refractivity contribution in [2.75, 3.05) is 6.79 Å². The number of carbonyl (C=O) groups is 2. The molecule has 114 valence electrons. The molecule has 23 heavy (non-hydrogen) atoms. The number of nitrogens with one attached hydrogen (secondary N) is 2. The van der Waals surface area contributed by atoms with Gasteiger partial charge >= 0.3 is 0 Å². The molecule has 2 aromatic rings. The van der Waals surface area contributed by atoms with Crippen LogP contribution in [0, 0.1) is 11.3 Å². The number of hydrazine groups is 1. The summed E-state index contributed by atoms with van der Waals surface area (Å²) in [6, 6.07) is 12.8. The molecule has 1 aliphatic rings. The highest BCUT2D eigenvalue weighted by Gasteiger charge is 2.16. The molecule has 0 radical (unpaired) electrons. The predicted octanol–water partition coefficient (Wildman–Crippen LogP) is 1.36. The first-order valence-corrected chi connectivity index (χ1v) is 6.68. The highest BCUT2D eigenvalue weighted by Crippen LogP contribution is 2.32. The lowest BCUT2D eigenvalue weighted by atomic mass is 10.1. The van der Waals surface area contributed by atoms with Gasteiger partial charge in [0.15, 0.2) is 11.5 Å². The van der Waals surface area contributed by atoms with Crippen molar-refractivity contribution in [2.45, 2.75) is 0 Å². The predicted molar refractivity (Wildman–Crippen MR) is 78.7 cm³/mol. The Bertz CT molecular complexity index is 826. The Morgan fingerprint density at radius 2 is 1.65 bits per heavy atom. The molecule has 0 saturated carbocycles. The van der Waals surface area contributed by atoms with Gasteiger partial charge in [-0.1, -0.05) is 6.07 Å². The van der Waals surface area contributed by atoms with E-state index in [1.54, 1.807) is 30.3 Å². The summed E-state index contributed by atoms with van der Waals surface area (Å²) in [6.07, 6.45) is 0. The summed E-state index contributed by atoms with van der Waals surface area (Å²) in [5.74, 6) is 0.0360. The molecule has 0 spiro atoms. The van der Waals surface area contributed by atoms with Gasteiger partial charge in [0.25, 0.3) is 11.8 Å². The van der Waals surface area contributed by atoms with E-state index in [9.17, 15) is 9.59 Å². The second-order valence-corrected chi connectivity index (χ2v) is 4.67. The zero-order chi connectivity index (χ0) is 16.2. The maximum absolute atomic E-state index is 12.0. The molecule has 7 heteroatoms. The second-order valence-electron chi connectivity index (χ2n) is 4.67. The molecule has 2 amide bonds. The molecule has 0 atom stereocenters. The Balaban J connectivity index is 1.64. The van der Waals surface area contributed by atoms with Crippen LogP contribution in [0.1, 0.15) is 26.3 Å². The van der Waals surface area contributed by atoms with E-state index in [4.69, 9.17) is 14.7 Å². The maximum atomic E-state index is 12.0. The van der Waals surface area contributed by atoms with Gasteiger partial charge < -0.3 is 9.47 Å². The number of hydrogen-bond acceptors (Lipinski definition) is 5. The van der Waals surface area contributed by atoms with Gasteiger partial charge in [0.05, 0.1) is 11.6 Å². The third-order valence-electron chi connectivity index (χ3n) is 3.18. The minimum Gasteiger partial charge on any atom is -0.454 e. The Kier molecular flexibility index (Phi) is 3.80. The van der Waals surface area contributed by atoms with Gasteiger partial charge in [-0.2, -0.15) is 5.26 Å². The van der Waals surface area contributed by atoms with Gasteiger partial charge in [-0.3, -0.25) is 20.4 Å². The van der Waals surface area contributed by atoms with Crippen molar-refractivity contribution in [3.8, 4) is 17.6 Å². The van der Waals surface area contributed by atoms with Crippen LogP contribution in [0.15, 0.2) is 42.5 Å². The summed E-state index contributed by atoms with van der Waals surface area (Å²) in [6.45, 7) is 0.117. The van der Waals surface area contributed by atoms with Crippen molar-refractivity contribution in [1.29, 1.82) is 5.26 Å². The Morgan fingerprint density at radius 3 is 2.39 bits per heavy atom. The zero-order valence-corrected chi connectivity index (χ0v) is 11.8. The standard InChI is InChI=1S/C16H11N3O4/c17-8-10-2-1-3-11(6-10)15(20)18-19-16(21)12-4-5-13-14(7-12)23-9-22-13/h1-7H,9H2,(H,18,20)(H,19,21). The Hall–Kier alpha value is -3.53. The number of nitriles is 1. The Morgan fingerprint density at radius 1 is 0.957 bits per heavy atom. The van der Waals surface area contributed by atoms with Gasteiger partial charge in [0.1, 0.15) is 0 Å². The van der Waals surface area contributed by atoms with E-state index in [2.05, 4.69) is 10.9 Å². The van der Waals surface area contributed by atoms with Crippen LogP contribution in [-0.4, -0.2) is 18.6 Å². The molecule has 0 aliphatic carbocycles. The lowest BCUT2D eigenvalue weighted by Gasteiger charge is -2.08. The van der Waals surface area contributed by atoms with Crippen LogP contribution < -0.4 is 20.3 Å². The van der Waals surface area contributed by atoms with Crippen molar-refractivity contribution in [1.82, 2.24) is 10.9 Å². The fourth-order valence-corrected chi connectivity index (χ4v) is 2.03. The number of carbonyl (C=O) groups excluding carboxylic acids is 2. The average molecular weight is 309 g/mol. The molecule has 2 aromatic carbocycles. The quantitative estimate of drug-likeness (QED) is 0.816. The smallest absolute Gasteiger partial charge is 0.269 e. The normalized spacial score (nSPS) is 11.4. The summed E-state index contributed by atoms with van der Waals surface area (Å²) in [5, 5.41) is 8.81. The highest BCUT2D eigenvalue weighted by molar-refractivity contribution is 5.99. The third-order valence-corrected chi connectivity index (χ3v) is 3.18. The molecule has 0 unspecified atom stereocenters. The molecule has 7 nitrogen and oxygen atoms in total. The lowest BCUT2D eigenvalue weighted by molar-refractivity contribution is 0.0846. The largest absolute Gasteiger partial charge is 0.454 e. The van der Waals surface area contributed by atoms with Crippen molar-refractivity contribution in [3.05, 3.63) is 59.2 Å². The fraction of sp³-hybridized carbons (Fsp3) is 0.0625. The monoisotopic (exact) mass is 309 g/mol. The number of fused-ring (bicyclic) bond motifs is 1. The van der Waals surface area contributed by atoms with E-state index in [0.29, 0.717) is 22.6 Å². The number of amides is 2. The number of rotatable bonds is 2. The minimum atomic E-state index is -0.517. The van der Waals surface area contributed by atoms with Gasteiger partial charge in [0, 0.05) is 11.1 Å². The summed E-state index contributed by atoms with van der Waals surface area (Å²) in [7, 11) is 0. The maximum Gasteiger partial charge on any atom is 0.269 e. The summed E-state index contributed by atoms with van der Waals surface area (Å²) in [4.78, 5) is 24.0.